The smallest absolute Gasteiger partial charge is 0.410 e. The van der Waals surface area contributed by atoms with Gasteiger partial charge in [-0.05, 0) is 31.0 Å². The van der Waals surface area contributed by atoms with E-state index >= 15 is 0 Å². The van der Waals surface area contributed by atoms with E-state index in [2.05, 4.69) is 14.7 Å². The summed E-state index contributed by atoms with van der Waals surface area (Å²) in [6, 6.07) is 4.55. The average molecular weight is 352 g/mol. The van der Waals surface area contributed by atoms with E-state index in [-0.39, 0.29) is 23.6 Å². The van der Waals surface area contributed by atoms with Gasteiger partial charge in [-0.2, -0.15) is 0 Å². The number of hydrogen-bond donors (Lipinski definition) is 3. The zero-order chi connectivity index (χ0) is 16.9. The molecule has 9 nitrogen and oxygen atoms in total. The largest absolute Gasteiger partial charge is 0.443 e. The minimum absolute atomic E-state index is 0.0129. The molecule has 1 aliphatic carbocycles. The highest BCUT2D eigenvalue weighted by Crippen LogP contribution is 2.30. The Bertz CT molecular complexity index is 959. The molecule has 1 aromatic heterocycles. The van der Waals surface area contributed by atoms with Crippen LogP contribution in [-0.4, -0.2) is 54.6 Å². The number of carbonyl (C=O) groups is 1. The number of aromatic nitrogens is 2. The maximum atomic E-state index is 12.4. The van der Waals surface area contributed by atoms with Crippen LogP contribution < -0.4 is 10.4 Å². The Kier molecular flexibility index (Phi) is 3.39. The van der Waals surface area contributed by atoms with Crippen molar-refractivity contribution in [1.29, 1.82) is 0 Å². The number of hydrogen-bond acceptors (Lipinski definition) is 5. The van der Waals surface area contributed by atoms with E-state index in [0.29, 0.717) is 17.6 Å². The Balaban J connectivity index is 1.46. The zero-order valence-electron chi connectivity index (χ0n) is 12.6. The first kappa shape index (κ1) is 15.2. The van der Waals surface area contributed by atoms with Crippen molar-refractivity contribution < 1.29 is 17.9 Å². The number of aromatic amines is 2. The van der Waals surface area contributed by atoms with Crippen LogP contribution in [0.2, 0.25) is 0 Å². The molecule has 0 bridgehead atoms. The highest BCUT2D eigenvalue weighted by molar-refractivity contribution is 7.89. The third kappa shape index (κ3) is 2.78. The number of amides is 1. The average Bonchev–Trinajstić information content (AvgIpc) is 3.20. The van der Waals surface area contributed by atoms with Crippen LogP contribution in [0, 0.1) is 0 Å². The first-order chi connectivity index (χ1) is 11.4. The van der Waals surface area contributed by atoms with E-state index in [1.165, 1.54) is 18.2 Å². The molecule has 1 unspecified atom stereocenters. The first-order valence-electron chi connectivity index (χ1n) is 7.61. The van der Waals surface area contributed by atoms with Gasteiger partial charge in [0, 0.05) is 12.6 Å². The van der Waals surface area contributed by atoms with Crippen LogP contribution in [0.3, 0.4) is 0 Å². The van der Waals surface area contributed by atoms with Crippen LogP contribution in [0.15, 0.2) is 27.9 Å². The number of nitrogens with zero attached hydrogens (tertiary/aromatic N) is 1. The monoisotopic (exact) mass is 352 g/mol. The summed E-state index contributed by atoms with van der Waals surface area (Å²) in [4.78, 5) is 29.7. The molecule has 4 rings (SSSR count). The number of rotatable bonds is 5. The Morgan fingerprint density at radius 1 is 1.21 bits per heavy atom. The molecular formula is C14H16N4O5S. The Morgan fingerprint density at radius 2 is 1.96 bits per heavy atom. The second-order valence-electron chi connectivity index (χ2n) is 6.03. The lowest BCUT2D eigenvalue weighted by atomic mass is 10.3. The normalized spacial score (nSPS) is 21.4. The molecule has 24 heavy (non-hydrogen) atoms. The summed E-state index contributed by atoms with van der Waals surface area (Å²) in [6.45, 7) is 0.412. The van der Waals surface area contributed by atoms with Crippen molar-refractivity contribution >= 4 is 27.1 Å². The summed E-state index contributed by atoms with van der Waals surface area (Å²) in [6.07, 6.45) is 1.07. The lowest BCUT2D eigenvalue weighted by Crippen LogP contribution is -2.35. The van der Waals surface area contributed by atoms with Crippen molar-refractivity contribution in [3.05, 3.63) is 28.7 Å². The van der Waals surface area contributed by atoms with Crippen molar-refractivity contribution in [2.75, 3.05) is 13.1 Å². The summed E-state index contributed by atoms with van der Waals surface area (Å²) in [7, 11) is -3.77. The van der Waals surface area contributed by atoms with E-state index in [1.807, 2.05) is 0 Å². The van der Waals surface area contributed by atoms with Crippen LogP contribution in [-0.2, 0) is 14.8 Å². The molecule has 2 fully saturated rings. The summed E-state index contributed by atoms with van der Waals surface area (Å²) in [5.74, 6) is 0. The molecule has 1 atom stereocenters. The number of ether oxygens (including phenoxy) is 1. The number of imidazole rings is 1. The standard InChI is InChI=1S/C14H16N4O5S/c19-13-16-11-4-3-10(5-12(11)17-13)24(21,22)15-6-9-7-18(8-1-2-8)14(20)23-9/h3-5,8-9,15H,1-2,6-7H2,(H2,16,17,19). The molecule has 1 saturated carbocycles. The van der Waals surface area contributed by atoms with E-state index in [9.17, 15) is 18.0 Å². The molecule has 1 aromatic carbocycles. The maximum Gasteiger partial charge on any atom is 0.410 e. The molecular weight excluding hydrogens is 336 g/mol. The molecule has 1 saturated heterocycles. The fraction of sp³-hybridized carbons (Fsp3) is 0.429. The molecule has 128 valence electrons. The third-order valence-corrected chi connectivity index (χ3v) is 5.61. The zero-order valence-corrected chi connectivity index (χ0v) is 13.4. The number of carbonyl (C=O) groups excluding carboxylic acids is 1. The molecule has 0 spiro atoms. The molecule has 1 aliphatic heterocycles. The predicted molar refractivity (Wildman–Crippen MR) is 84.1 cm³/mol. The number of cyclic esters (lactones) is 1. The fourth-order valence-corrected chi connectivity index (χ4v) is 3.89. The minimum Gasteiger partial charge on any atom is -0.443 e. The van der Waals surface area contributed by atoms with Gasteiger partial charge in [0.1, 0.15) is 6.10 Å². The van der Waals surface area contributed by atoms with Crippen molar-refractivity contribution in [3.63, 3.8) is 0 Å². The predicted octanol–water partition coefficient (Wildman–Crippen LogP) is 0.118. The van der Waals surface area contributed by atoms with Crippen molar-refractivity contribution in [1.82, 2.24) is 19.6 Å². The second kappa shape index (κ2) is 5.35. The Hall–Kier alpha value is -2.33. The van der Waals surface area contributed by atoms with Crippen LogP contribution in [0.4, 0.5) is 4.79 Å². The summed E-state index contributed by atoms with van der Waals surface area (Å²) in [5, 5.41) is 0. The third-order valence-electron chi connectivity index (χ3n) is 4.19. The fourth-order valence-electron chi connectivity index (χ4n) is 2.80. The van der Waals surface area contributed by atoms with E-state index in [0.717, 1.165) is 12.8 Å². The van der Waals surface area contributed by atoms with Gasteiger partial charge >= 0.3 is 11.8 Å². The minimum atomic E-state index is -3.77. The summed E-state index contributed by atoms with van der Waals surface area (Å²) >= 11 is 0. The number of nitrogens with one attached hydrogen (secondary N) is 3. The van der Waals surface area contributed by atoms with Gasteiger partial charge in [-0.15, -0.1) is 0 Å². The Labute approximate surface area is 137 Å². The van der Waals surface area contributed by atoms with Crippen molar-refractivity contribution in [3.8, 4) is 0 Å². The van der Waals surface area contributed by atoms with Crippen LogP contribution in [0.25, 0.3) is 11.0 Å². The van der Waals surface area contributed by atoms with Gasteiger partial charge in [0.2, 0.25) is 10.0 Å². The maximum absolute atomic E-state index is 12.4. The van der Waals surface area contributed by atoms with Gasteiger partial charge in [-0.1, -0.05) is 0 Å². The SMILES string of the molecule is O=C1OC(CNS(=O)(=O)c2ccc3[nH]c(=O)[nH]c3c2)CN1C1CC1. The molecule has 2 aromatic rings. The molecule has 2 aliphatic rings. The quantitative estimate of drug-likeness (QED) is 0.705. The van der Waals surface area contributed by atoms with Crippen molar-refractivity contribution in [2.45, 2.75) is 29.9 Å². The van der Waals surface area contributed by atoms with Crippen LogP contribution >= 0.6 is 0 Å². The van der Waals surface area contributed by atoms with Gasteiger partial charge in [0.05, 0.1) is 22.5 Å². The molecule has 1 amide bonds. The number of benzene rings is 1. The number of fused-ring (bicyclic) bond motifs is 1. The van der Waals surface area contributed by atoms with Gasteiger partial charge < -0.3 is 19.6 Å². The van der Waals surface area contributed by atoms with E-state index < -0.39 is 21.8 Å². The second-order valence-corrected chi connectivity index (χ2v) is 7.79. The molecule has 10 heteroatoms. The molecule has 0 radical (unpaired) electrons. The summed E-state index contributed by atoms with van der Waals surface area (Å²) < 4.78 is 32.4. The van der Waals surface area contributed by atoms with E-state index in [1.54, 1.807) is 4.90 Å². The van der Waals surface area contributed by atoms with Crippen LogP contribution in [0.1, 0.15) is 12.8 Å². The van der Waals surface area contributed by atoms with E-state index in [4.69, 9.17) is 4.74 Å². The van der Waals surface area contributed by atoms with Gasteiger partial charge in [0.25, 0.3) is 0 Å². The number of sulfonamides is 1. The lowest BCUT2D eigenvalue weighted by Gasteiger charge is -2.12. The van der Waals surface area contributed by atoms with Gasteiger partial charge in [-0.25, -0.2) is 22.7 Å². The first-order valence-corrected chi connectivity index (χ1v) is 9.10. The number of H-pyrrole nitrogens is 2. The Morgan fingerprint density at radius 3 is 2.71 bits per heavy atom. The summed E-state index contributed by atoms with van der Waals surface area (Å²) in [5.41, 5.74) is 0.546. The van der Waals surface area contributed by atoms with Gasteiger partial charge in [0.15, 0.2) is 0 Å². The highest BCUT2D eigenvalue weighted by Gasteiger charge is 2.41. The van der Waals surface area contributed by atoms with Gasteiger partial charge in [-0.3, -0.25) is 0 Å². The lowest BCUT2D eigenvalue weighted by molar-refractivity contribution is 0.133. The van der Waals surface area contributed by atoms with Crippen molar-refractivity contribution in [2.24, 2.45) is 0 Å². The topological polar surface area (TPSA) is 124 Å². The molecule has 2 heterocycles. The van der Waals surface area contributed by atoms with Crippen LogP contribution in [0.5, 0.6) is 0 Å². The molecule has 3 N–H and O–H groups in total. The highest BCUT2D eigenvalue weighted by atomic mass is 32.2.